The molecule has 0 aliphatic heterocycles. The predicted molar refractivity (Wildman–Crippen MR) is 105 cm³/mol. The molecule has 0 amide bonds. The van der Waals surface area contributed by atoms with Crippen molar-refractivity contribution in [1.29, 1.82) is 0 Å². The van der Waals surface area contributed by atoms with Gasteiger partial charge in [-0.3, -0.25) is 5.43 Å². The van der Waals surface area contributed by atoms with Crippen LogP contribution in [0.1, 0.15) is 0 Å². The summed E-state index contributed by atoms with van der Waals surface area (Å²) in [6.07, 6.45) is 0. The van der Waals surface area contributed by atoms with Crippen molar-refractivity contribution in [2.75, 3.05) is 12.5 Å². The Kier molecular flexibility index (Phi) is 4.49. The molecule has 4 aromatic rings. The van der Waals surface area contributed by atoms with Gasteiger partial charge < -0.3 is 14.3 Å². The van der Waals surface area contributed by atoms with Crippen LogP contribution in [-0.2, 0) is 0 Å². The van der Waals surface area contributed by atoms with Crippen LogP contribution in [0, 0.1) is 0 Å². The average Bonchev–Trinajstić information content (AvgIpc) is 2.73. The molecule has 0 spiro atoms. The number of hydrogen-bond donors (Lipinski definition) is 2. The number of fused-ring (bicyclic) bond motifs is 1. The summed E-state index contributed by atoms with van der Waals surface area (Å²) < 4.78 is 11.3. The zero-order valence-corrected chi connectivity index (χ0v) is 14.7. The molecular formula is C22H18N2O3. The van der Waals surface area contributed by atoms with Crippen molar-refractivity contribution in [3.05, 3.63) is 84.2 Å². The second kappa shape index (κ2) is 7.25. The molecule has 3 aromatic carbocycles. The quantitative estimate of drug-likeness (QED) is 0.517. The highest BCUT2D eigenvalue weighted by atomic mass is 16.5. The van der Waals surface area contributed by atoms with Crippen molar-refractivity contribution in [2.24, 2.45) is 5.10 Å². The molecule has 4 rings (SSSR count). The van der Waals surface area contributed by atoms with Gasteiger partial charge >= 0.3 is 0 Å². The fourth-order valence-corrected chi connectivity index (χ4v) is 2.82. The van der Waals surface area contributed by atoms with E-state index in [1.165, 1.54) is 7.11 Å². The number of phenolic OH excluding ortho intramolecular Hbond substituents is 1. The van der Waals surface area contributed by atoms with Gasteiger partial charge in [-0.25, -0.2) is 0 Å². The molecule has 0 unspecified atom stereocenters. The maximum atomic E-state index is 9.83. The summed E-state index contributed by atoms with van der Waals surface area (Å²) in [4.78, 5) is 0. The van der Waals surface area contributed by atoms with Crippen molar-refractivity contribution >= 4 is 16.7 Å². The summed E-state index contributed by atoms with van der Waals surface area (Å²) >= 11 is 0. The highest BCUT2D eigenvalue weighted by Crippen LogP contribution is 2.31. The predicted octanol–water partition coefficient (Wildman–Crippen LogP) is 4.74. The fourth-order valence-electron chi connectivity index (χ4n) is 2.82. The van der Waals surface area contributed by atoms with Crippen molar-refractivity contribution < 1.29 is 14.3 Å². The summed E-state index contributed by atoms with van der Waals surface area (Å²) in [5, 5.41) is 16.0. The van der Waals surface area contributed by atoms with Crippen LogP contribution in [0.2, 0.25) is 0 Å². The summed E-state index contributed by atoms with van der Waals surface area (Å²) in [5.41, 5.74) is 5.48. The first-order valence-electron chi connectivity index (χ1n) is 8.49. The minimum absolute atomic E-state index is 0.0812. The number of hydrogen-bond acceptors (Lipinski definition) is 5. The normalized spacial score (nSPS) is 11.5. The summed E-state index contributed by atoms with van der Waals surface area (Å²) in [6, 6.07) is 24.4. The fraction of sp³-hybridized carbons (Fsp3) is 0.0455. The monoisotopic (exact) mass is 358 g/mol. The van der Waals surface area contributed by atoms with E-state index in [9.17, 15) is 5.11 Å². The number of aromatic hydroxyl groups is 1. The number of rotatable bonds is 4. The molecule has 1 aromatic heterocycles. The molecule has 1 heterocycles. The second-order valence-corrected chi connectivity index (χ2v) is 5.97. The Bertz CT molecular complexity index is 1150. The number of nitrogens with zero attached hydrogens (tertiary/aromatic N) is 1. The largest absolute Gasteiger partial charge is 0.504 e. The Balaban J connectivity index is 1.86. The Labute approximate surface area is 156 Å². The molecule has 0 saturated carbocycles. The first-order chi connectivity index (χ1) is 13.2. The first-order valence-corrected chi connectivity index (χ1v) is 8.49. The lowest BCUT2D eigenvalue weighted by atomic mass is 10.1. The molecule has 0 atom stereocenters. The molecule has 5 nitrogen and oxygen atoms in total. The van der Waals surface area contributed by atoms with Crippen LogP contribution in [0.3, 0.4) is 0 Å². The number of methoxy groups -OCH3 is 1. The zero-order chi connectivity index (χ0) is 18.6. The highest BCUT2D eigenvalue weighted by molar-refractivity contribution is 5.78. The molecule has 134 valence electrons. The SMILES string of the molecule is COc1cc(-c2c/c(=N\Nc3ccccc3)c3ccccc3o2)ccc1O. The average molecular weight is 358 g/mol. The van der Waals surface area contributed by atoms with Crippen LogP contribution >= 0.6 is 0 Å². The number of para-hydroxylation sites is 2. The van der Waals surface area contributed by atoms with Crippen LogP contribution in [0.15, 0.2) is 88.4 Å². The van der Waals surface area contributed by atoms with Gasteiger partial charge in [0.15, 0.2) is 11.5 Å². The molecule has 0 aliphatic rings. The smallest absolute Gasteiger partial charge is 0.161 e. The van der Waals surface area contributed by atoms with Gasteiger partial charge in [0.2, 0.25) is 0 Å². The Morgan fingerprint density at radius 3 is 2.52 bits per heavy atom. The van der Waals surface area contributed by atoms with Crippen molar-refractivity contribution in [2.45, 2.75) is 0 Å². The van der Waals surface area contributed by atoms with Crippen molar-refractivity contribution in [3.63, 3.8) is 0 Å². The van der Waals surface area contributed by atoms with Crippen LogP contribution in [0.25, 0.3) is 22.3 Å². The van der Waals surface area contributed by atoms with Gasteiger partial charge in [-0.15, -0.1) is 0 Å². The van der Waals surface area contributed by atoms with Gasteiger partial charge in [0.05, 0.1) is 18.2 Å². The number of anilines is 1. The van der Waals surface area contributed by atoms with Gasteiger partial charge in [-0.1, -0.05) is 30.3 Å². The molecule has 5 heteroatoms. The van der Waals surface area contributed by atoms with Gasteiger partial charge in [0, 0.05) is 17.0 Å². The molecule has 0 radical (unpaired) electrons. The maximum absolute atomic E-state index is 9.83. The maximum Gasteiger partial charge on any atom is 0.161 e. The molecule has 0 aliphatic carbocycles. The standard InChI is InChI=1S/C22H18N2O3/c1-26-22-13-15(11-12-19(22)25)21-14-18(17-9-5-6-10-20(17)27-21)24-23-16-7-3-2-4-8-16/h2-14,23,25H,1H3/b24-18+. The first kappa shape index (κ1) is 16.7. The summed E-state index contributed by atoms with van der Waals surface area (Å²) in [6.45, 7) is 0. The minimum Gasteiger partial charge on any atom is -0.504 e. The lowest BCUT2D eigenvalue weighted by Gasteiger charge is -2.08. The third kappa shape index (κ3) is 3.48. The van der Waals surface area contributed by atoms with Crippen molar-refractivity contribution in [1.82, 2.24) is 0 Å². The third-order valence-electron chi connectivity index (χ3n) is 4.19. The van der Waals surface area contributed by atoms with Gasteiger partial charge in [0.1, 0.15) is 11.3 Å². The van der Waals surface area contributed by atoms with E-state index in [0.717, 1.165) is 27.6 Å². The van der Waals surface area contributed by atoms with Crippen molar-refractivity contribution in [3.8, 4) is 22.8 Å². The van der Waals surface area contributed by atoms with Gasteiger partial charge in [-0.2, -0.15) is 5.10 Å². The molecule has 2 N–H and O–H groups in total. The molecule has 0 bridgehead atoms. The topological polar surface area (TPSA) is 67.0 Å². The van der Waals surface area contributed by atoms with E-state index in [1.807, 2.05) is 60.7 Å². The lowest BCUT2D eigenvalue weighted by molar-refractivity contribution is 0.373. The molecule has 0 fully saturated rings. The number of ether oxygens (including phenoxy) is 1. The number of nitrogens with one attached hydrogen (secondary N) is 1. The second-order valence-electron chi connectivity index (χ2n) is 5.97. The number of phenols is 1. The highest BCUT2D eigenvalue weighted by Gasteiger charge is 2.09. The van der Waals surface area contributed by atoms with E-state index in [-0.39, 0.29) is 5.75 Å². The van der Waals surface area contributed by atoms with E-state index >= 15 is 0 Å². The Hall–Kier alpha value is -3.73. The number of benzene rings is 3. The summed E-state index contributed by atoms with van der Waals surface area (Å²) in [7, 11) is 1.51. The zero-order valence-electron chi connectivity index (χ0n) is 14.7. The van der Waals surface area contributed by atoms with Gasteiger partial charge in [0.25, 0.3) is 0 Å². The van der Waals surface area contributed by atoms with E-state index in [1.54, 1.807) is 18.2 Å². The Morgan fingerprint density at radius 2 is 1.70 bits per heavy atom. The Morgan fingerprint density at radius 1 is 0.926 bits per heavy atom. The van der Waals surface area contributed by atoms with E-state index in [4.69, 9.17) is 9.15 Å². The lowest BCUT2D eigenvalue weighted by Crippen LogP contribution is -2.07. The molecule has 27 heavy (non-hydrogen) atoms. The third-order valence-corrected chi connectivity index (χ3v) is 4.19. The van der Waals surface area contributed by atoms with E-state index in [0.29, 0.717) is 11.5 Å². The van der Waals surface area contributed by atoms with Crippen LogP contribution in [0.5, 0.6) is 11.5 Å². The summed E-state index contributed by atoms with van der Waals surface area (Å²) in [5.74, 6) is 1.09. The molecular weight excluding hydrogens is 340 g/mol. The van der Waals surface area contributed by atoms with E-state index < -0.39 is 0 Å². The van der Waals surface area contributed by atoms with E-state index in [2.05, 4.69) is 10.5 Å². The molecule has 0 saturated heterocycles. The van der Waals surface area contributed by atoms with Crippen LogP contribution in [0.4, 0.5) is 5.69 Å². The minimum atomic E-state index is 0.0812. The van der Waals surface area contributed by atoms with Gasteiger partial charge in [-0.05, 0) is 42.5 Å². The van der Waals surface area contributed by atoms with Crippen LogP contribution in [-0.4, -0.2) is 12.2 Å². The van der Waals surface area contributed by atoms with Crippen LogP contribution < -0.4 is 15.5 Å².